The molecule has 0 atom stereocenters. The van der Waals surface area contributed by atoms with Crippen LogP contribution in [0.1, 0.15) is 25.0 Å². The van der Waals surface area contributed by atoms with E-state index in [1.54, 1.807) is 19.9 Å². The minimum Gasteiger partial charge on any atom is -0.398 e. The molecule has 1 fully saturated rings. The van der Waals surface area contributed by atoms with Gasteiger partial charge in [0.25, 0.3) is 5.91 Å². The molecule has 1 aliphatic rings. The predicted molar refractivity (Wildman–Crippen MR) is 120 cm³/mol. The Labute approximate surface area is 189 Å². The monoisotopic (exact) mass is 446 g/mol. The van der Waals surface area contributed by atoms with Crippen LogP contribution < -0.4 is 10.6 Å². The molecule has 0 spiro atoms. The molecule has 0 unspecified atom stereocenters. The Hall–Kier alpha value is -4.25. The van der Waals surface area contributed by atoms with Gasteiger partial charge >= 0.3 is 6.03 Å². The number of halogens is 2. The van der Waals surface area contributed by atoms with Crippen LogP contribution in [0.3, 0.4) is 0 Å². The summed E-state index contributed by atoms with van der Waals surface area (Å²) in [6, 6.07) is 15.6. The van der Waals surface area contributed by atoms with Gasteiger partial charge in [0.05, 0.1) is 23.9 Å². The molecule has 0 saturated carbocycles. The average Bonchev–Trinajstić information content (AvgIpc) is 2.94. The number of amides is 3. The summed E-state index contributed by atoms with van der Waals surface area (Å²) in [5.74, 6) is -1.37. The Bertz CT molecular complexity index is 1310. The molecule has 0 aromatic heterocycles. The number of hydrogen-bond donors (Lipinski definition) is 1. The third kappa shape index (κ3) is 3.78. The second-order valence-corrected chi connectivity index (χ2v) is 8.26. The first-order valence-corrected chi connectivity index (χ1v) is 10.1. The third-order valence-electron chi connectivity index (χ3n) is 5.80. The molecule has 3 amide bonds. The van der Waals surface area contributed by atoms with Crippen LogP contribution >= 0.6 is 0 Å². The summed E-state index contributed by atoms with van der Waals surface area (Å²) < 4.78 is 26.8. The number of hydrogen-bond acceptors (Lipinski definition) is 4. The largest absolute Gasteiger partial charge is 0.398 e. The maximum absolute atomic E-state index is 13.4. The molecule has 3 aromatic rings. The minimum absolute atomic E-state index is 0.0152. The van der Waals surface area contributed by atoms with E-state index < -0.39 is 29.1 Å². The standard InChI is InChI=1S/C25H20F2N4O2/c1-25(2)23(32)31(24(33)30(25)14-17-5-9-19(27)11-22(17)29)20-10-6-16(13-28)21(12-20)15-3-7-18(26)8-4-15/h3-12H,14,29H2,1-2H3. The fourth-order valence-corrected chi connectivity index (χ4v) is 3.85. The topological polar surface area (TPSA) is 90.4 Å². The number of nitrogens with zero attached hydrogens (tertiary/aromatic N) is 3. The van der Waals surface area contributed by atoms with Crippen molar-refractivity contribution in [2.24, 2.45) is 0 Å². The molecule has 8 heteroatoms. The number of benzene rings is 3. The number of urea groups is 1. The van der Waals surface area contributed by atoms with Gasteiger partial charge in [-0.2, -0.15) is 5.26 Å². The molecule has 3 aromatic carbocycles. The van der Waals surface area contributed by atoms with E-state index in [1.807, 2.05) is 0 Å². The van der Waals surface area contributed by atoms with E-state index in [4.69, 9.17) is 5.73 Å². The maximum atomic E-state index is 13.4. The van der Waals surface area contributed by atoms with E-state index in [0.717, 1.165) is 11.0 Å². The van der Waals surface area contributed by atoms with Crippen molar-refractivity contribution in [1.29, 1.82) is 5.26 Å². The lowest BCUT2D eigenvalue weighted by molar-refractivity contribution is -0.123. The zero-order valence-corrected chi connectivity index (χ0v) is 18.0. The van der Waals surface area contributed by atoms with E-state index >= 15 is 0 Å². The van der Waals surface area contributed by atoms with Gasteiger partial charge in [-0.05, 0) is 67.4 Å². The van der Waals surface area contributed by atoms with Crippen LogP contribution in [-0.2, 0) is 11.3 Å². The summed E-state index contributed by atoms with van der Waals surface area (Å²) in [6.07, 6.45) is 0. The van der Waals surface area contributed by atoms with Crippen molar-refractivity contribution in [3.8, 4) is 17.2 Å². The Morgan fingerprint density at radius 3 is 2.27 bits per heavy atom. The number of imide groups is 1. The van der Waals surface area contributed by atoms with Crippen molar-refractivity contribution < 1.29 is 18.4 Å². The van der Waals surface area contributed by atoms with Crippen LogP contribution in [0.2, 0.25) is 0 Å². The number of rotatable bonds is 4. The lowest BCUT2D eigenvalue weighted by Gasteiger charge is -2.28. The molecule has 1 aliphatic heterocycles. The van der Waals surface area contributed by atoms with Crippen molar-refractivity contribution in [1.82, 2.24) is 4.90 Å². The van der Waals surface area contributed by atoms with Gasteiger partial charge < -0.3 is 10.6 Å². The Kier molecular flexibility index (Phi) is 5.34. The third-order valence-corrected chi connectivity index (χ3v) is 5.80. The quantitative estimate of drug-likeness (QED) is 0.459. The predicted octanol–water partition coefficient (Wildman–Crippen LogP) is 4.83. The molecular formula is C25H20F2N4O2. The summed E-state index contributed by atoms with van der Waals surface area (Å²) in [5.41, 5.74) is 7.05. The van der Waals surface area contributed by atoms with Gasteiger partial charge in [-0.1, -0.05) is 18.2 Å². The summed E-state index contributed by atoms with van der Waals surface area (Å²) in [4.78, 5) is 29.1. The van der Waals surface area contributed by atoms with E-state index in [2.05, 4.69) is 6.07 Å². The van der Waals surface area contributed by atoms with Crippen molar-refractivity contribution in [3.63, 3.8) is 0 Å². The van der Waals surface area contributed by atoms with Crippen molar-refractivity contribution in [3.05, 3.63) is 83.4 Å². The molecule has 6 nitrogen and oxygen atoms in total. The summed E-state index contributed by atoms with van der Waals surface area (Å²) >= 11 is 0. The fraction of sp³-hybridized carbons (Fsp3) is 0.160. The Morgan fingerprint density at radius 1 is 0.970 bits per heavy atom. The van der Waals surface area contributed by atoms with Gasteiger partial charge in [0, 0.05) is 11.3 Å². The molecule has 1 saturated heterocycles. The molecule has 0 bridgehead atoms. The second kappa shape index (κ2) is 8.02. The highest BCUT2D eigenvalue weighted by molar-refractivity contribution is 6.23. The highest BCUT2D eigenvalue weighted by Gasteiger charge is 2.51. The van der Waals surface area contributed by atoms with Gasteiger partial charge in [-0.15, -0.1) is 0 Å². The number of nitriles is 1. The van der Waals surface area contributed by atoms with E-state index in [9.17, 15) is 23.6 Å². The first-order valence-electron chi connectivity index (χ1n) is 10.1. The Balaban J connectivity index is 1.74. The SMILES string of the molecule is CC1(C)C(=O)N(c2ccc(C#N)c(-c3ccc(F)cc3)c2)C(=O)N1Cc1ccc(F)cc1N. The van der Waals surface area contributed by atoms with E-state index in [0.29, 0.717) is 22.3 Å². The van der Waals surface area contributed by atoms with Gasteiger partial charge in [0.1, 0.15) is 17.2 Å². The van der Waals surface area contributed by atoms with Crippen LogP contribution in [0.5, 0.6) is 0 Å². The first kappa shape index (κ1) is 22.0. The summed E-state index contributed by atoms with van der Waals surface area (Å²) in [5, 5.41) is 9.51. The van der Waals surface area contributed by atoms with Gasteiger partial charge in [0.2, 0.25) is 0 Å². The van der Waals surface area contributed by atoms with E-state index in [-0.39, 0.29) is 17.9 Å². The number of nitrogen functional groups attached to an aromatic ring is 1. The number of anilines is 2. The van der Waals surface area contributed by atoms with Crippen LogP contribution in [0.15, 0.2) is 60.7 Å². The normalized spacial score (nSPS) is 15.1. The van der Waals surface area contributed by atoms with Crippen LogP contribution in [0.4, 0.5) is 25.0 Å². The van der Waals surface area contributed by atoms with Crippen molar-refractivity contribution >= 4 is 23.3 Å². The smallest absolute Gasteiger partial charge is 0.332 e. The lowest BCUT2D eigenvalue weighted by atomic mass is 9.98. The molecule has 2 N–H and O–H groups in total. The van der Waals surface area contributed by atoms with E-state index in [1.165, 1.54) is 53.4 Å². The lowest BCUT2D eigenvalue weighted by Crippen LogP contribution is -2.43. The Morgan fingerprint density at radius 2 is 1.64 bits per heavy atom. The number of carbonyl (C=O) groups is 2. The summed E-state index contributed by atoms with van der Waals surface area (Å²) in [6.45, 7) is 3.26. The maximum Gasteiger partial charge on any atom is 0.332 e. The minimum atomic E-state index is -1.19. The number of nitrogens with two attached hydrogens (primary N) is 1. The van der Waals surface area contributed by atoms with Crippen LogP contribution in [0.25, 0.3) is 11.1 Å². The van der Waals surface area contributed by atoms with Gasteiger partial charge in [-0.25, -0.2) is 18.5 Å². The molecule has 4 rings (SSSR count). The van der Waals surface area contributed by atoms with Crippen LogP contribution in [0, 0.1) is 23.0 Å². The summed E-state index contributed by atoms with van der Waals surface area (Å²) in [7, 11) is 0. The zero-order valence-electron chi connectivity index (χ0n) is 18.0. The molecule has 0 aliphatic carbocycles. The molecule has 33 heavy (non-hydrogen) atoms. The van der Waals surface area contributed by atoms with Crippen LogP contribution in [-0.4, -0.2) is 22.4 Å². The zero-order chi connectivity index (χ0) is 23.9. The van der Waals surface area contributed by atoms with Crippen molar-refractivity contribution in [2.75, 3.05) is 10.6 Å². The first-order chi connectivity index (χ1) is 15.6. The highest BCUT2D eigenvalue weighted by atomic mass is 19.1. The van der Waals surface area contributed by atoms with Crippen molar-refractivity contribution in [2.45, 2.75) is 25.9 Å². The van der Waals surface area contributed by atoms with Gasteiger partial charge in [-0.3, -0.25) is 4.79 Å². The number of carbonyl (C=O) groups excluding carboxylic acids is 2. The fourth-order valence-electron chi connectivity index (χ4n) is 3.85. The highest BCUT2D eigenvalue weighted by Crippen LogP contribution is 2.36. The average molecular weight is 446 g/mol. The second-order valence-electron chi connectivity index (χ2n) is 8.26. The molecule has 1 heterocycles. The molecule has 0 radical (unpaired) electrons. The molecule has 166 valence electrons. The van der Waals surface area contributed by atoms with Gasteiger partial charge in [0.15, 0.2) is 0 Å². The molecular weight excluding hydrogens is 426 g/mol.